The number of carboxylic acid groups (broad SMARTS) is 1. The van der Waals surface area contributed by atoms with Crippen LogP contribution in [0, 0.1) is 0 Å². The van der Waals surface area contributed by atoms with Gasteiger partial charge in [-0.3, -0.25) is 0 Å². The second-order valence-corrected chi connectivity index (χ2v) is 3.00. The first-order valence-corrected chi connectivity index (χ1v) is 4.28. The molecule has 1 aromatic carbocycles. The summed E-state index contributed by atoms with van der Waals surface area (Å²) in [5.41, 5.74) is 6.81. The lowest BCUT2D eigenvalue weighted by Crippen LogP contribution is -2.06. The largest absolute Gasteiger partial charge is 0.475 e. The molecule has 5 nitrogen and oxygen atoms in total. The average Bonchev–Trinajstić information content (AvgIpc) is 2.67. The quantitative estimate of drug-likeness (QED) is 0.713. The molecule has 0 spiro atoms. The van der Waals surface area contributed by atoms with Gasteiger partial charge >= 0.3 is 5.97 Å². The summed E-state index contributed by atoms with van der Waals surface area (Å²) in [5, 5.41) is 8.64. The maximum Gasteiger partial charge on any atom is 0.374 e. The van der Waals surface area contributed by atoms with Crippen molar-refractivity contribution < 1.29 is 19.4 Å². The summed E-state index contributed by atoms with van der Waals surface area (Å²) >= 11 is 0. The zero-order valence-electron chi connectivity index (χ0n) is 7.71. The fourth-order valence-electron chi connectivity index (χ4n) is 1.26. The molecule has 0 bridgehead atoms. The Morgan fingerprint density at radius 3 is 2.73 bits per heavy atom. The zero-order chi connectivity index (χ0) is 10.8. The molecule has 78 valence electrons. The van der Waals surface area contributed by atoms with Crippen LogP contribution in [0.5, 0.6) is 0 Å². The number of aliphatic carboxylic acids is 1. The third-order valence-corrected chi connectivity index (χ3v) is 1.99. The molecule has 1 atom stereocenters. The highest BCUT2D eigenvalue weighted by molar-refractivity contribution is 5.84. The molecule has 0 aliphatic carbocycles. The van der Waals surface area contributed by atoms with Crippen molar-refractivity contribution in [2.45, 2.75) is 6.29 Å². The van der Waals surface area contributed by atoms with E-state index >= 15 is 0 Å². The minimum absolute atomic E-state index is 0.219. The number of carbonyl (C=O) groups is 1. The van der Waals surface area contributed by atoms with Crippen LogP contribution in [0.25, 0.3) is 0 Å². The highest BCUT2D eigenvalue weighted by Crippen LogP contribution is 2.31. The van der Waals surface area contributed by atoms with Crippen molar-refractivity contribution in [2.24, 2.45) is 0 Å². The number of carboxylic acids is 1. The molecular weight excluding hydrogens is 198 g/mol. The average molecular weight is 207 g/mol. The van der Waals surface area contributed by atoms with Crippen LogP contribution in [0.4, 0.5) is 5.69 Å². The first-order chi connectivity index (χ1) is 7.18. The summed E-state index contributed by atoms with van der Waals surface area (Å²) < 4.78 is 10.1. The van der Waals surface area contributed by atoms with Gasteiger partial charge in [0.25, 0.3) is 6.29 Å². The SMILES string of the molecule is Nc1ccccc1C1OC=C(C(=O)O)O1. The molecule has 0 aromatic heterocycles. The van der Waals surface area contributed by atoms with E-state index in [-0.39, 0.29) is 5.76 Å². The van der Waals surface area contributed by atoms with E-state index in [1.807, 2.05) is 0 Å². The number of anilines is 1. The maximum atomic E-state index is 10.6. The van der Waals surface area contributed by atoms with Crippen LogP contribution in [0.15, 0.2) is 36.3 Å². The molecule has 1 aliphatic heterocycles. The Hall–Kier alpha value is -2.17. The van der Waals surface area contributed by atoms with Gasteiger partial charge in [0.15, 0.2) is 0 Å². The number of benzene rings is 1. The second-order valence-electron chi connectivity index (χ2n) is 3.00. The lowest BCUT2D eigenvalue weighted by atomic mass is 10.2. The van der Waals surface area contributed by atoms with Crippen molar-refractivity contribution in [1.29, 1.82) is 0 Å². The fraction of sp³-hybridized carbons (Fsp3) is 0.100. The molecule has 15 heavy (non-hydrogen) atoms. The van der Waals surface area contributed by atoms with Crippen molar-refractivity contribution in [3.63, 3.8) is 0 Å². The molecular formula is C10H9NO4. The van der Waals surface area contributed by atoms with Gasteiger partial charge in [0.1, 0.15) is 6.26 Å². The predicted octanol–water partition coefficient (Wildman–Crippen LogP) is 1.24. The third-order valence-electron chi connectivity index (χ3n) is 1.99. The molecule has 0 fully saturated rings. The normalized spacial score (nSPS) is 18.9. The van der Waals surface area contributed by atoms with E-state index in [0.717, 1.165) is 6.26 Å². The Morgan fingerprint density at radius 2 is 2.13 bits per heavy atom. The Kier molecular flexibility index (Phi) is 2.21. The molecule has 0 amide bonds. The number of rotatable bonds is 2. The molecule has 1 aliphatic rings. The molecule has 1 aromatic rings. The van der Waals surface area contributed by atoms with Gasteiger partial charge in [-0.1, -0.05) is 12.1 Å². The molecule has 0 saturated heterocycles. The number of hydrogen-bond donors (Lipinski definition) is 2. The summed E-state index contributed by atoms with van der Waals surface area (Å²) in [6.07, 6.45) is 0.302. The first kappa shape index (κ1) is 9.39. The van der Waals surface area contributed by atoms with E-state index in [1.54, 1.807) is 24.3 Å². The van der Waals surface area contributed by atoms with Gasteiger partial charge in [-0.05, 0) is 12.1 Å². The number of nitrogens with two attached hydrogens (primary N) is 1. The van der Waals surface area contributed by atoms with Gasteiger partial charge in [0.2, 0.25) is 5.76 Å². The number of para-hydroxylation sites is 1. The molecule has 2 rings (SSSR count). The van der Waals surface area contributed by atoms with Crippen LogP contribution in [0.1, 0.15) is 11.9 Å². The van der Waals surface area contributed by atoms with Crippen molar-refractivity contribution in [2.75, 3.05) is 5.73 Å². The smallest absolute Gasteiger partial charge is 0.374 e. The lowest BCUT2D eigenvalue weighted by Gasteiger charge is -2.12. The molecule has 0 saturated carbocycles. The van der Waals surface area contributed by atoms with Gasteiger partial charge in [0.05, 0.1) is 5.56 Å². The minimum atomic E-state index is -1.16. The second kappa shape index (κ2) is 3.53. The van der Waals surface area contributed by atoms with Crippen LogP contribution in [0.3, 0.4) is 0 Å². The van der Waals surface area contributed by atoms with E-state index in [4.69, 9.17) is 20.3 Å². The van der Waals surface area contributed by atoms with Crippen molar-refractivity contribution in [3.05, 3.63) is 41.9 Å². The van der Waals surface area contributed by atoms with Gasteiger partial charge in [-0.25, -0.2) is 4.79 Å². The third kappa shape index (κ3) is 1.71. The Morgan fingerprint density at radius 1 is 1.40 bits per heavy atom. The van der Waals surface area contributed by atoms with Crippen LogP contribution < -0.4 is 5.73 Å². The standard InChI is InChI=1S/C10H9NO4/c11-7-4-2-1-3-6(7)10-14-5-8(15-10)9(12)13/h1-5,10H,11H2,(H,12,13). The minimum Gasteiger partial charge on any atom is -0.475 e. The molecule has 1 unspecified atom stereocenters. The molecule has 1 heterocycles. The van der Waals surface area contributed by atoms with E-state index in [9.17, 15) is 4.79 Å². The van der Waals surface area contributed by atoms with Gasteiger partial charge in [-0.2, -0.15) is 0 Å². The summed E-state index contributed by atoms with van der Waals surface area (Å²) in [7, 11) is 0. The summed E-state index contributed by atoms with van der Waals surface area (Å²) in [4.78, 5) is 10.6. The first-order valence-electron chi connectivity index (χ1n) is 4.28. The Labute approximate surface area is 85.7 Å². The molecule has 3 N–H and O–H groups in total. The highest BCUT2D eigenvalue weighted by Gasteiger charge is 2.26. The van der Waals surface area contributed by atoms with E-state index < -0.39 is 12.3 Å². The number of nitrogen functional groups attached to an aromatic ring is 1. The monoisotopic (exact) mass is 207 g/mol. The van der Waals surface area contributed by atoms with Crippen LogP contribution in [0.2, 0.25) is 0 Å². The van der Waals surface area contributed by atoms with E-state index in [0.29, 0.717) is 11.3 Å². The van der Waals surface area contributed by atoms with E-state index in [2.05, 4.69) is 0 Å². The Bertz CT molecular complexity index is 427. The summed E-state index contributed by atoms with van der Waals surface area (Å²) in [6, 6.07) is 6.97. The predicted molar refractivity (Wildman–Crippen MR) is 51.5 cm³/mol. The van der Waals surface area contributed by atoms with Crippen LogP contribution in [-0.2, 0) is 14.3 Å². The Balaban J connectivity index is 2.17. The van der Waals surface area contributed by atoms with E-state index in [1.165, 1.54) is 0 Å². The number of hydrogen-bond acceptors (Lipinski definition) is 4. The van der Waals surface area contributed by atoms with Crippen LogP contribution >= 0.6 is 0 Å². The highest BCUT2D eigenvalue weighted by atomic mass is 16.7. The molecule has 5 heteroatoms. The maximum absolute atomic E-state index is 10.6. The fourth-order valence-corrected chi connectivity index (χ4v) is 1.26. The summed E-state index contributed by atoms with van der Waals surface area (Å²) in [6.45, 7) is 0. The topological polar surface area (TPSA) is 81.8 Å². The summed E-state index contributed by atoms with van der Waals surface area (Å²) in [5.74, 6) is -1.38. The van der Waals surface area contributed by atoms with Gasteiger partial charge in [0, 0.05) is 5.69 Å². The lowest BCUT2D eigenvalue weighted by molar-refractivity contribution is -0.139. The van der Waals surface area contributed by atoms with Crippen molar-refractivity contribution in [1.82, 2.24) is 0 Å². The van der Waals surface area contributed by atoms with Gasteiger partial charge in [-0.15, -0.1) is 0 Å². The zero-order valence-corrected chi connectivity index (χ0v) is 7.71. The molecule has 0 radical (unpaired) electrons. The van der Waals surface area contributed by atoms with Gasteiger partial charge < -0.3 is 20.3 Å². The van der Waals surface area contributed by atoms with Crippen LogP contribution in [-0.4, -0.2) is 11.1 Å². The number of ether oxygens (including phenoxy) is 2. The van der Waals surface area contributed by atoms with Crippen molar-refractivity contribution in [3.8, 4) is 0 Å². The van der Waals surface area contributed by atoms with Crippen molar-refractivity contribution >= 4 is 11.7 Å².